The van der Waals surface area contributed by atoms with Crippen LogP contribution in [-0.2, 0) is 0 Å². The van der Waals surface area contributed by atoms with Gasteiger partial charge in [0.05, 0.1) is 18.1 Å². The SMILES string of the molecule is O=[N+]([O-])c1ccc(/C=C/C=C/C=C/C=C/c2ccc(N(CCO)CCO)cc2)cc1. The van der Waals surface area contributed by atoms with Crippen molar-refractivity contribution < 1.29 is 15.1 Å². The lowest BCUT2D eigenvalue weighted by Crippen LogP contribution is -2.29. The number of nitrogens with zero attached hydrogens (tertiary/aromatic N) is 2. The van der Waals surface area contributed by atoms with Gasteiger partial charge < -0.3 is 15.1 Å². The predicted octanol–water partition coefficient (Wildman–Crippen LogP) is 4.22. The van der Waals surface area contributed by atoms with Crippen LogP contribution in [0, 0.1) is 10.1 Å². The van der Waals surface area contributed by atoms with E-state index in [1.165, 1.54) is 12.1 Å². The van der Waals surface area contributed by atoms with E-state index < -0.39 is 4.92 Å². The summed E-state index contributed by atoms with van der Waals surface area (Å²) in [5.74, 6) is 0. The average molecular weight is 406 g/mol. The molecule has 2 aromatic carbocycles. The fourth-order valence-corrected chi connectivity index (χ4v) is 2.70. The zero-order chi connectivity index (χ0) is 21.6. The maximum Gasteiger partial charge on any atom is 0.269 e. The summed E-state index contributed by atoms with van der Waals surface area (Å²) in [5.41, 5.74) is 3.00. The average Bonchev–Trinajstić information content (AvgIpc) is 2.76. The van der Waals surface area contributed by atoms with E-state index in [9.17, 15) is 10.1 Å². The fraction of sp³-hybridized carbons (Fsp3) is 0.167. The third-order valence-electron chi connectivity index (χ3n) is 4.23. The summed E-state index contributed by atoms with van der Waals surface area (Å²) in [6.45, 7) is 1.07. The number of nitro groups is 1. The first kappa shape index (κ1) is 22.8. The molecule has 0 aromatic heterocycles. The van der Waals surface area contributed by atoms with Gasteiger partial charge in [-0.3, -0.25) is 10.1 Å². The molecule has 0 fully saturated rings. The van der Waals surface area contributed by atoms with Gasteiger partial charge in [0.25, 0.3) is 5.69 Å². The van der Waals surface area contributed by atoms with Gasteiger partial charge in [-0.15, -0.1) is 0 Å². The quantitative estimate of drug-likeness (QED) is 0.331. The van der Waals surface area contributed by atoms with Crippen LogP contribution in [0.2, 0.25) is 0 Å². The normalized spacial score (nSPS) is 11.9. The molecule has 0 heterocycles. The molecule has 6 heteroatoms. The van der Waals surface area contributed by atoms with Gasteiger partial charge in [-0.25, -0.2) is 0 Å². The van der Waals surface area contributed by atoms with Gasteiger partial charge in [0.2, 0.25) is 0 Å². The Morgan fingerprint density at radius 3 is 1.60 bits per heavy atom. The van der Waals surface area contributed by atoms with Gasteiger partial charge in [0.1, 0.15) is 0 Å². The number of hydrogen-bond acceptors (Lipinski definition) is 5. The van der Waals surface area contributed by atoms with E-state index in [0.29, 0.717) is 13.1 Å². The molecule has 6 nitrogen and oxygen atoms in total. The zero-order valence-corrected chi connectivity index (χ0v) is 16.7. The summed E-state index contributed by atoms with van der Waals surface area (Å²) in [7, 11) is 0. The standard InChI is InChI=1S/C24H26N2O4/c27-19-17-25(18-20-28)23-13-9-21(10-14-23)7-5-3-1-2-4-6-8-22-11-15-24(16-12-22)26(29)30/h1-16,27-28H,17-20H2/b3-1+,4-2+,7-5+,8-6+. The van der Waals surface area contributed by atoms with E-state index in [1.54, 1.807) is 12.1 Å². The lowest BCUT2D eigenvalue weighted by molar-refractivity contribution is -0.384. The highest BCUT2D eigenvalue weighted by atomic mass is 16.6. The van der Waals surface area contributed by atoms with Gasteiger partial charge in [-0.2, -0.15) is 0 Å². The van der Waals surface area contributed by atoms with Gasteiger partial charge in [-0.05, 0) is 35.4 Å². The molecule has 0 amide bonds. The van der Waals surface area contributed by atoms with Crippen LogP contribution in [0.25, 0.3) is 12.2 Å². The number of aliphatic hydroxyl groups is 2. The van der Waals surface area contributed by atoms with Crippen LogP contribution in [0.5, 0.6) is 0 Å². The molecule has 2 aromatic rings. The van der Waals surface area contributed by atoms with Crippen LogP contribution in [0.15, 0.2) is 85.0 Å². The molecule has 156 valence electrons. The number of anilines is 1. The molecule has 0 saturated carbocycles. The summed E-state index contributed by atoms with van der Waals surface area (Å²) in [6, 6.07) is 14.3. The largest absolute Gasteiger partial charge is 0.395 e. The molecule has 0 unspecified atom stereocenters. The van der Waals surface area contributed by atoms with Gasteiger partial charge in [0.15, 0.2) is 0 Å². The van der Waals surface area contributed by atoms with E-state index in [1.807, 2.05) is 77.8 Å². The minimum atomic E-state index is -0.413. The van der Waals surface area contributed by atoms with Crippen molar-refractivity contribution in [2.45, 2.75) is 0 Å². The van der Waals surface area contributed by atoms with Gasteiger partial charge in [0, 0.05) is 30.9 Å². The number of allylic oxidation sites excluding steroid dienone is 6. The van der Waals surface area contributed by atoms with Crippen LogP contribution in [0.1, 0.15) is 11.1 Å². The first-order valence-corrected chi connectivity index (χ1v) is 9.63. The zero-order valence-electron chi connectivity index (χ0n) is 16.7. The van der Waals surface area contributed by atoms with Crippen LogP contribution >= 0.6 is 0 Å². The monoisotopic (exact) mass is 406 g/mol. The summed E-state index contributed by atoms with van der Waals surface area (Å²) in [5, 5.41) is 28.8. The second-order valence-electron chi connectivity index (χ2n) is 6.36. The molecule has 30 heavy (non-hydrogen) atoms. The predicted molar refractivity (Wildman–Crippen MR) is 122 cm³/mol. The van der Waals surface area contributed by atoms with Crippen molar-refractivity contribution in [2.24, 2.45) is 0 Å². The molecule has 0 aliphatic heterocycles. The number of nitro benzene ring substituents is 1. The smallest absolute Gasteiger partial charge is 0.269 e. The van der Waals surface area contributed by atoms with Crippen molar-refractivity contribution in [3.8, 4) is 0 Å². The molecule has 2 N–H and O–H groups in total. The van der Waals surface area contributed by atoms with Crippen molar-refractivity contribution in [2.75, 3.05) is 31.2 Å². The molecule has 0 saturated heterocycles. The van der Waals surface area contributed by atoms with Gasteiger partial charge >= 0.3 is 0 Å². The van der Waals surface area contributed by atoms with E-state index in [-0.39, 0.29) is 18.9 Å². The van der Waals surface area contributed by atoms with E-state index in [4.69, 9.17) is 10.2 Å². The van der Waals surface area contributed by atoms with E-state index in [0.717, 1.165) is 16.8 Å². The minimum absolute atomic E-state index is 0.0447. The van der Waals surface area contributed by atoms with Crippen molar-refractivity contribution in [1.82, 2.24) is 0 Å². The van der Waals surface area contributed by atoms with Crippen molar-refractivity contribution in [3.05, 3.63) is 106 Å². The number of aliphatic hydroxyl groups excluding tert-OH is 2. The third-order valence-corrected chi connectivity index (χ3v) is 4.23. The van der Waals surface area contributed by atoms with Crippen molar-refractivity contribution >= 4 is 23.5 Å². The van der Waals surface area contributed by atoms with Crippen LogP contribution < -0.4 is 4.90 Å². The summed E-state index contributed by atoms with van der Waals surface area (Å²) >= 11 is 0. The molecule has 0 spiro atoms. The Kier molecular flexibility index (Phi) is 9.79. The molecular weight excluding hydrogens is 380 g/mol. The Balaban J connectivity index is 1.82. The van der Waals surface area contributed by atoms with Crippen LogP contribution in [0.3, 0.4) is 0 Å². The molecular formula is C24H26N2O4. The minimum Gasteiger partial charge on any atom is -0.395 e. The van der Waals surface area contributed by atoms with E-state index in [2.05, 4.69) is 0 Å². The highest BCUT2D eigenvalue weighted by Crippen LogP contribution is 2.16. The van der Waals surface area contributed by atoms with Crippen LogP contribution in [-0.4, -0.2) is 41.4 Å². The molecule has 0 atom stereocenters. The summed E-state index contributed by atoms with van der Waals surface area (Å²) in [4.78, 5) is 12.1. The first-order chi connectivity index (χ1) is 14.6. The summed E-state index contributed by atoms with van der Waals surface area (Å²) in [6.07, 6.45) is 15.3. The molecule has 0 aliphatic rings. The molecule has 0 aliphatic carbocycles. The third kappa shape index (κ3) is 7.87. The second kappa shape index (κ2) is 12.9. The van der Waals surface area contributed by atoms with Crippen molar-refractivity contribution in [3.63, 3.8) is 0 Å². The van der Waals surface area contributed by atoms with Crippen molar-refractivity contribution in [1.29, 1.82) is 0 Å². The number of rotatable bonds is 11. The highest BCUT2D eigenvalue weighted by Gasteiger charge is 2.04. The molecule has 0 bridgehead atoms. The Labute approximate surface area is 176 Å². The maximum absolute atomic E-state index is 10.6. The maximum atomic E-state index is 10.6. The Hall–Kier alpha value is -3.48. The van der Waals surface area contributed by atoms with Gasteiger partial charge in [-0.1, -0.05) is 60.7 Å². The Morgan fingerprint density at radius 1 is 0.733 bits per heavy atom. The number of hydrogen-bond donors (Lipinski definition) is 2. The Morgan fingerprint density at radius 2 is 1.17 bits per heavy atom. The highest BCUT2D eigenvalue weighted by molar-refractivity contribution is 5.57. The Bertz CT molecular complexity index is 892. The lowest BCUT2D eigenvalue weighted by Gasteiger charge is -2.22. The first-order valence-electron chi connectivity index (χ1n) is 9.63. The second-order valence-corrected chi connectivity index (χ2v) is 6.36. The number of non-ortho nitro benzene ring substituents is 1. The summed E-state index contributed by atoms with van der Waals surface area (Å²) < 4.78 is 0. The molecule has 0 radical (unpaired) electrons. The number of benzene rings is 2. The molecule has 2 rings (SSSR count). The topological polar surface area (TPSA) is 86.8 Å². The van der Waals surface area contributed by atoms with Crippen LogP contribution in [0.4, 0.5) is 11.4 Å². The van der Waals surface area contributed by atoms with E-state index >= 15 is 0 Å². The fourth-order valence-electron chi connectivity index (χ4n) is 2.70. The lowest BCUT2D eigenvalue weighted by atomic mass is 10.1.